The van der Waals surface area contributed by atoms with Crippen molar-refractivity contribution in [3.63, 3.8) is 0 Å². The Morgan fingerprint density at radius 3 is 2.57 bits per heavy atom. The van der Waals surface area contributed by atoms with Crippen LogP contribution in [0.3, 0.4) is 0 Å². The molecule has 2 aromatic carbocycles. The first-order valence-electron chi connectivity index (χ1n) is 7.96. The van der Waals surface area contributed by atoms with Gasteiger partial charge in [0.1, 0.15) is 0 Å². The maximum atomic E-state index is 12.6. The lowest BCUT2D eigenvalue weighted by Gasteiger charge is -2.13. The van der Waals surface area contributed by atoms with E-state index in [1.54, 1.807) is 0 Å². The average Bonchev–Trinajstić information content (AvgIpc) is 2.82. The van der Waals surface area contributed by atoms with Crippen molar-refractivity contribution in [2.24, 2.45) is 0 Å². The molecule has 0 atom stereocenters. The SMILES string of the molecule is Cc1[nH]c2ccc(C(=O)Nc3ccccc3C(C)C)cc2c1C. The molecule has 118 valence electrons. The van der Waals surface area contributed by atoms with Crippen molar-refractivity contribution < 1.29 is 4.79 Å². The van der Waals surface area contributed by atoms with Crippen molar-refractivity contribution in [2.75, 3.05) is 5.32 Å². The van der Waals surface area contributed by atoms with Gasteiger partial charge in [-0.05, 0) is 55.2 Å². The van der Waals surface area contributed by atoms with E-state index >= 15 is 0 Å². The molecule has 3 aromatic rings. The number of anilines is 1. The highest BCUT2D eigenvalue weighted by Gasteiger charge is 2.13. The predicted octanol–water partition coefficient (Wildman–Crippen LogP) is 5.16. The van der Waals surface area contributed by atoms with Crippen LogP contribution in [0.1, 0.15) is 46.9 Å². The Morgan fingerprint density at radius 2 is 1.83 bits per heavy atom. The maximum Gasteiger partial charge on any atom is 0.255 e. The highest BCUT2D eigenvalue weighted by atomic mass is 16.1. The van der Waals surface area contributed by atoms with Gasteiger partial charge >= 0.3 is 0 Å². The van der Waals surface area contributed by atoms with Gasteiger partial charge in [0.2, 0.25) is 0 Å². The molecule has 1 heterocycles. The molecular weight excluding hydrogens is 284 g/mol. The zero-order valence-electron chi connectivity index (χ0n) is 14.0. The molecule has 3 rings (SSSR count). The molecule has 3 heteroatoms. The second kappa shape index (κ2) is 5.92. The van der Waals surface area contributed by atoms with Crippen LogP contribution in [0.15, 0.2) is 42.5 Å². The number of amides is 1. The monoisotopic (exact) mass is 306 g/mol. The first kappa shape index (κ1) is 15.3. The lowest BCUT2D eigenvalue weighted by atomic mass is 10.0. The first-order valence-corrected chi connectivity index (χ1v) is 7.96. The number of hydrogen-bond acceptors (Lipinski definition) is 1. The minimum absolute atomic E-state index is 0.0711. The van der Waals surface area contributed by atoms with Gasteiger partial charge in [0, 0.05) is 27.8 Å². The number of hydrogen-bond donors (Lipinski definition) is 2. The lowest BCUT2D eigenvalue weighted by Crippen LogP contribution is -2.13. The van der Waals surface area contributed by atoms with E-state index in [1.807, 2.05) is 43.3 Å². The van der Waals surface area contributed by atoms with Gasteiger partial charge in [-0.25, -0.2) is 0 Å². The number of carbonyl (C=O) groups is 1. The Morgan fingerprint density at radius 1 is 1.09 bits per heavy atom. The van der Waals surface area contributed by atoms with Crippen molar-refractivity contribution >= 4 is 22.5 Å². The Kier molecular flexibility index (Phi) is 3.95. The molecule has 3 nitrogen and oxygen atoms in total. The summed E-state index contributed by atoms with van der Waals surface area (Å²) in [6.07, 6.45) is 0. The van der Waals surface area contributed by atoms with E-state index in [2.05, 4.69) is 37.1 Å². The van der Waals surface area contributed by atoms with Gasteiger partial charge in [-0.3, -0.25) is 4.79 Å². The number of para-hydroxylation sites is 1. The van der Waals surface area contributed by atoms with Crippen LogP contribution in [-0.4, -0.2) is 10.9 Å². The van der Waals surface area contributed by atoms with Crippen molar-refractivity contribution in [1.82, 2.24) is 4.98 Å². The number of rotatable bonds is 3. The zero-order chi connectivity index (χ0) is 16.6. The van der Waals surface area contributed by atoms with Crippen LogP contribution in [0.4, 0.5) is 5.69 Å². The van der Waals surface area contributed by atoms with E-state index in [1.165, 1.54) is 5.56 Å². The Bertz CT molecular complexity index is 874. The number of H-pyrrole nitrogens is 1. The first-order chi connectivity index (χ1) is 11.0. The number of carbonyl (C=O) groups excluding carboxylic acids is 1. The van der Waals surface area contributed by atoms with Gasteiger partial charge in [-0.15, -0.1) is 0 Å². The molecule has 2 N–H and O–H groups in total. The van der Waals surface area contributed by atoms with Crippen LogP contribution in [0, 0.1) is 13.8 Å². The molecule has 0 aliphatic carbocycles. The normalized spacial score (nSPS) is 11.2. The Hall–Kier alpha value is -2.55. The molecule has 23 heavy (non-hydrogen) atoms. The molecule has 1 aromatic heterocycles. The van der Waals surface area contributed by atoms with Gasteiger partial charge < -0.3 is 10.3 Å². The summed E-state index contributed by atoms with van der Waals surface area (Å²) in [5, 5.41) is 4.15. The largest absolute Gasteiger partial charge is 0.358 e. The third kappa shape index (κ3) is 2.87. The topological polar surface area (TPSA) is 44.9 Å². The molecule has 0 saturated carbocycles. The molecule has 0 saturated heterocycles. The van der Waals surface area contributed by atoms with Gasteiger partial charge in [-0.1, -0.05) is 32.0 Å². The van der Waals surface area contributed by atoms with Crippen LogP contribution in [0.5, 0.6) is 0 Å². The third-order valence-electron chi connectivity index (χ3n) is 4.40. The van der Waals surface area contributed by atoms with E-state index in [9.17, 15) is 4.79 Å². The average molecular weight is 306 g/mol. The highest BCUT2D eigenvalue weighted by Crippen LogP contribution is 2.26. The summed E-state index contributed by atoms with van der Waals surface area (Å²) in [7, 11) is 0. The van der Waals surface area contributed by atoms with E-state index in [0.29, 0.717) is 11.5 Å². The maximum absolute atomic E-state index is 12.6. The molecule has 0 spiro atoms. The van der Waals surface area contributed by atoms with Crippen LogP contribution < -0.4 is 5.32 Å². The van der Waals surface area contributed by atoms with Gasteiger partial charge in [-0.2, -0.15) is 0 Å². The van der Waals surface area contributed by atoms with Gasteiger partial charge in [0.15, 0.2) is 0 Å². The summed E-state index contributed by atoms with van der Waals surface area (Å²) in [4.78, 5) is 16.0. The number of aromatic amines is 1. The van der Waals surface area contributed by atoms with Crippen LogP contribution >= 0.6 is 0 Å². The lowest BCUT2D eigenvalue weighted by molar-refractivity contribution is 0.102. The second-order valence-electron chi connectivity index (χ2n) is 6.33. The van der Waals surface area contributed by atoms with E-state index in [0.717, 1.165) is 27.8 Å². The van der Waals surface area contributed by atoms with Gasteiger partial charge in [0.25, 0.3) is 5.91 Å². The molecule has 0 bridgehead atoms. The summed E-state index contributed by atoms with van der Waals surface area (Å²) < 4.78 is 0. The molecule has 0 radical (unpaired) electrons. The minimum atomic E-state index is -0.0711. The third-order valence-corrected chi connectivity index (χ3v) is 4.40. The summed E-state index contributed by atoms with van der Waals surface area (Å²) in [6.45, 7) is 8.38. The standard InChI is InChI=1S/C20H22N2O/c1-12(2)16-7-5-6-8-18(16)22-20(23)15-9-10-19-17(11-15)13(3)14(4)21-19/h5-12,21H,1-4H3,(H,22,23). The van der Waals surface area contributed by atoms with E-state index < -0.39 is 0 Å². The summed E-state index contributed by atoms with van der Waals surface area (Å²) in [6, 6.07) is 13.8. The Labute approximate surface area is 136 Å². The fourth-order valence-electron chi connectivity index (χ4n) is 2.91. The fraction of sp³-hybridized carbons (Fsp3) is 0.250. The molecule has 0 aliphatic rings. The summed E-state index contributed by atoms with van der Waals surface area (Å²) in [5.74, 6) is 0.293. The summed E-state index contributed by atoms with van der Waals surface area (Å²) in [5.41, 5.74) is 6.11. The van der Waals surface area contributed by atoms with Crippen molar-refractivity contribution in [2.45, 2.75) is 33.6 Å². The van der Waals surface area contributed by atoms with Crippen LogP contribution in [0.25, 0.3) is 10.9 Å². The zero-order valence-corrected chi connectivity index (χ0v) is 14.0. The number of aryl methyl sites for hydroxylation is 2. The molecule has 1 amide bonds. The molecule has 0 aliphatic heterocycles. The number of benzene rings is 2. The second-order valence-corrected chi connectivity index (χ2v) is 6.33. The molecule has 0 fully saturated rings. The van der Waals surface area contributed by atoms with Crippen LogP contribution in [0.2, 0.25) is 0 Å². The van der Waals surface area contributed by atoms with Gasteiger partial charge in [0.05, 0.1) is 0 Å². The fourth-order valence-corrected chi connectivity index (χ4v) is 2.91. The van der Waals surface area contributed by atoms with Crippen molar-refractivity contribution in [3.8, 4) is 0 Å². The Balaban J connectivity index is 1.94. The quantitative estimate of drug-likeness (QED) is 0.689. The van der Waals surface area contributed by atoms with Crippen LogP contribution in [-0.2, 0) is 0 Å². The molecular formula is C20H22N2O. The van der Waals surface area contributed by atoms with Crippen molar-refractivity contribution in [3.05, 3.63) is 64.8 Å². The molecule has 0 unspecified atom stereocenters. The smallest absolute Gasteiger partial charge is 0.255 e. The number of fused-ring (bicyclic) bond motifs is 1. The number of nitrogens with one attached hydrogen (secondary N) is 2. The minimum Gasteiger partial charge on any atom is -0.358 e. The summed E-state index contributed by atoms with van der Waals surface area (Å²) >= 11 is 0. The van der Waals surface area contributed by atoms with E-state index in [4.69, 9.17) is 0 Å². The number of aromatic nitrogens is 1. The van der Waals surface area contributed by atoms with E-state index in [-0.39, 0.29) is 5.91 Å². The highest BCUT2D eigenvalue weighted by molar-refractivity contribution is 6.07. The van der Waals surface area contributed by atoms with Crippen molar-refractivity contribution in [1.29, 1.82) is 0 Å². The predicted molar refractivity (Wildman–Crippen MR) is 96.3 cm³/mol.